The van der Waals surface area contributed by atoms with Gasteiger partial charge in [-0.05, 0) is 19.4 Å². The van der Waals surface area contributed by atoms with E-state index in [2.05, 4.69) is 10.3 Å². The van der Waals surface area contributed by atoms with Crippen molar-refractivity contribution in [2.75, 3.05) is 11.9 Å². The fraction of sp³-hybridized carbons (Fsp3) is 0.462. The number of likely N-dealkylation sites (tertiary alicyclic amines) is 1. The molecule has 0 spiro atoms. The number of piperidine rings is 1. The minimum atomic E-state index is -0.0856. The summed E-state index contributed by atoms with van der Waals surface area (Å²) in [4.78, 5) is 29.0. The van der Waals surface area contributed by atoms with Crippen LogP contribution in [0.3, 0.4) is 0 Å². The van der Waals surface area contributed by atoms with Gasteiger partial charge in [0, 0.05) is 31.1 Å². The third-order valence-corrected chi connectivity index (χ3v) is 2.95. The minimum Gasteiger partial charge on any atom is -0.370 e. The summed E-state index contributed by atoms with van der Waals surface area (Å²) in [6.45, 7) is 3.05. The number of nitrogens with one attached hydrogen (secondary N) is 1. The maximum Gasteiger partial charge on any atom is 0.229 e. The highest BCUT2D eigenvalue weighted by Gasteiger charge is 2.26. The van der Waals surface area contributed by atoms with Crippen LogP contribution in [0.2, 0.25) is 0 Å². The molecule has 1 saturated heterocycles. The Balaban J connectivity index is 2.17. The van der Waals surface area contributed by atoms with Crippen molar-refractivity contribution >= 4 is 17.6 Å². The molecule has 2 rings (SSSR count). The smallest absolute Gasteiger partial charge is 0.229 e. The molecule has 1 N–H and O–H groups in total. The van der Waals surface area contributed by atoms with Crippen LogP contribution in [0.1, 0.15) is 31.7 Å². The third-order valence-electron chi connectivity index (χ3n) is 2.95. The second-order valence-corrected chi connectivity index (χ2v) is 4.27. The lowest BCUT2D eigenvalue weighted by molar-refractivity contribution is -0.148. The van der Waals surface area contributed by atoms with E-state index >= 15 is 0 Å². The van der Waals surface area contributed by atoms with Gasteiger partial charge in [-0.1, -0.05) is 6.07 Å². The van der Waals surface area contributed by atoms with Crippen LogP contribution in [0.5, 0.6) is 0 Å². The normalized spacial score (nSPS) is 15.9. The fourth-order valence-electron chi connectivity index (χ4n) is 2.04. The van der Waals surface area contributed by atoms with Gasteiger partial charge >= 0.3 is 0 Å². The Kier molecular flexibility index (Phi) is 3.92. The molecule has 18 heavy (non-hydrogen) atoms. The summed E-state index contributed by atoms with van der Waals surface area (Å²) in [6.07, 6.45) is 3.29. The molecule has 5 heteroatoms. The second-order valence-electron chi connectivity index (χ2n) is 4.27. The van der Waals surface area contributed by atoms with Gasteiger partial charge in [-0.3, -0.25) is 14.5 Å². The van der Waals surface area contributed by atoms with Crippen molar-refractivity contribution in [2.24, 2.45) is 0 Å². The first-order valence-corrected chi connectivity index (χ1v) is 6.23. The second kappa shape index (κ2) is 5.62. The minimum absolute atomic E-state index is 0.0856. The van der Waals surface area contributed by atoms with Gasteiger partial charge in [-0.2, -0.15) is 0 Å². The van der Waals surface area contributed by atoms with Crippen LogP contribution in [0, 0.1) is 0 Å². The maximum atomic E-state index is 11.7. The monoisotopic (exact) mass is 247 g/mol. The van der Waals surface area contributed by atoms with Crippen molar-refractivity contribution in [3.63, 3.8) is 0 Å². The van der Waals surface area contributed by atoms with E-state index in [0.717, 1.165) is 17.9 Å². The Morgan fingerprint density at radius 2 is 2.06 bits per heavy atom. The summed E-state index contributed by atoms with van der Waals surface area (Å²) in [6, 6.07) is 3.70. The first-order valence-electron chi connectivity index (χ1n) is 6.23. The Labute approximate surface area is 106 Å². The van der Waals surface area contributed by atoms with Gasteiger partial charge in [0.15, 0.2) is 0 Å². The number of carbonyl (C=O) groups excluding carboxylic acids is 2. The molecule has 0 aromatic carbocycles. The van der Waals surface area contributed by atoms with E-state index in [1.807, 2.05) is 19.1 Å². The molecule has 0 saturated carbocycles. The molecule has 1 aliphatic heterocycles. The van der Waals surface area contributed by atoms with Crippen LogP contribution in [0.25, 0.3) is 0 Å². The highest BCUT2D eigenvalue weighted by molar-refractivity contribution is 5.97. The number of nitrogens with zero attached hydrogens (tertiary/aromatic N) is 2. The number of anilines is 1. The van der Waals surface area contributed by atoms with E-state index < -0.39 is 0 Å². The molecule has 96 valence electrons. The predicted octanol–water partition coefficient (Wildman–Crippen LogP) is 1.55. The molecule has 1 aromatic heterocycles. The van der Waals surface area contributed by atoms with Gasteiger partial charge in [0.05, 0.1) is 6.54 Å². The Bertz CT molecular complexity index is 443. The van der Waals surface area contributed by atoms with Crippen molar-refractivity contribution in [2.45, 2.75) is 32.7 Å². The van der Waals surface area contributed by atoms with Crippen molar-refractivity contribution in [1.82, 2.24) is 9.88 Å². The number of carbonyl (C=O) groups is 2. The highest BCUT2D eigenvalue weighted by atomic mass is 16.2. The highest BCUT2D eigenvalue weighted by Crippen LogP contribution is 2.19. The Morgan fingerprint density at radius 3 is 2.72 bits per heavy atom. The van der Waals surface area contributed by atoms with Crippen LogP contribution >= 0.6 is 0 Å². The zero-order valence-corrected chi connectivity index (χ0v) is 10.5. The Morgan fingerprint density at radius 1 is 1.33 bits per heavy atom. The molecule has 0 radical (unpaired) electrons. The molecule has 2 amide bonds. The summed E-state index contributed by atoms with van der Waals surface area (Å²) in [5.74, 6) is 0.571. The summed E-state index contributed by atoms with van der Waals surface area (Å²) in [7, 11) is 0. The molecule has 0 bridgehead atoms. The average Bonchev–Trinajstić information content (AvgIpc) is 2.36. The van der Waals surface area contributed by atoms with E-state index in [1.54, 1.807) is 6.20 Å². The molecule has 5 nitrogen and oxygen atoms in total. The number of hydrogen-bond acceptors (Lipinski definition) is 4. The number of imide groups is 1. The van der Waals surface area contributed by atoms with Gasteiger partial charge in [-0.15, -0.1) is 0 Å². The number of hydrogen-bond donors (Lipinski definition) is 1. The lowest BCUT2D eigenvalue weighted by Crippen LogP contribution is -2.39. The van der Waals surface area contributed by atoms with Gasteiger partial charge < -0.3 is 5.32 Å². The van der Waals surface area contributed by atoms with Crippen molar-refractivity contribution in [3.05, 3.63) is 23.9 Å². The van der Waals surface area contributed by atoms with Gasteiger partial charge in [-0.25, -0.2) is 4.98 Å². The number of amides is 2. The average molecular weight is 247 g/mol. The first kappa shape index (κ1) is 12.5. The van der Waals surface area contributed by atoms with Crippen LogP contribution in [-0.2, 0) is 16.1 Å². The van der Waals surface area contributed by atoms with E-state index in [4.69, 9.17) is 0 Å². The van der Waals surface area contributed by atoms with Gasteiger partial charge in [0.2, 0.25) is 11.8 Å². The molecular weight excluding hydrogens is 230 g/mol. The summed E-state index contributed by atoms with van der Waals surface area (Å²) >= 11 is 0. The van der Waals surface area contributed by atoms with E-state index in [0.29, 0.717) is 25.8 Å². The largest absolute Gasteiger partial charge is 0.370 e. The zero-order valence-electron chi connectivity index (χ0n) is 10.5. The molecule has 2 heterocycles. The summed E-state index contributed by atoms with van der Waals surface area (Å²) in [5, 5.41) is 3.13. The van der Waals surface area contributed by atoms with Crippen LogP contribution in [0.4, 0.5) is 5.82 Å². The SMILES string of the molecule is CCNc1ncccc1CN1C(=O)CCCC1=O. The molecule has 1 fully saturated rings. The summed E-state index contributed by atoms with van der Waals surface area (Å²) in [5.41, 5.74) is 0.878. The number of aromatic nitrogens is 1. The molecular formula is C13H17N3O2. The predicted molar refractivity (Wildman–Crippen MR) is 67.8 cm³/mol. The molecule has 0 aliphatic carbocycles. The van der Waals surface area contributed by atoms with E-state index in [1.165, 1.54) is 4.90 Å². The fourth-order valence-corrected chi connectivity index (χ4v) is 2.04. The van der Waals surface area contributed by atoms with Crippen LogP contribution in [-0.4, -0.2) is 28.2 Å². The standard InChI is InChI=1S/C13H17N3O2/c1-2-14-13-10(5-4-8-15-13)9-16-11(17)6-3-7-12(16)18/h4-5,8H,2-3,6-7,9H2,1H3,(H,14,15). The third kappa shape index (κ3) is 2.67. The molecule has 0 unspecified atom stereocenters. The molecule has 0 atom stereocenters. The number of rotatable bonds is 4. The quantitative estimate of drug-likeness (QED) is 0.820. The zero-order chi connectivity index (χ0) is 13.0. The van der Waals surface area contributed by atoms with Crippen molar-refractivity contribution < 1.29 is 9.59 Å². The van der Waals surface area contributed by atoms with Crippen LogP contribution in [0.15, 0.2) is 18.3 Å². The summed E-state index contributed by atoms with van der Waals surface area (Å²) < 4.78 is 0. The Hall–Kier alpha value is -1.91. The number of pyridine rings is 1. The molecule has 1 aliphatic rings. The van der Waals surface area contributed by atoms with Crippen LogP contribution < -0.4 is 5.32 Å². The maximum absolute atomic E-state index is 11.7. The van der Waals surface area contributed by atoms with Gasteiger partial charge in [0.1, 0.15) is 5.82 Å². The lowest BCUT2D eigenvalue weighted by Gasteiger charge is -2.25. The van der Waals surface area contributed by atoms with E-state index in [-0.39, 0.29) is 11.8 Å². The van der Waals surface area contributed by atoms with Crippen molar-refractivity contribution in [1.29, 1.82) is 0 Å². The first-order chi connectivity index (χ1) is 8.72. The van der Waals surface area contributed by atoms with Gasteiger partial charge in [0.25, 0.3) is 0 Å². The lowest BCUT2D eigenvalue weighted by atomic mass is 10.1. The molecule has 1 aromatic rings. The topological polar surface area (TPSA) is 62.3 Å². The van der Waals surface area contributed by atoms with Crippen molar-refractivity contribution in [3.8, 4) is 0 Å². The van der Waals surface area contributed by atoms with E-state index in [9.17, 15) is 9.59 Å².